The minimum absolute atomic E-state index is 0.419. The molecule has 0 spiro atoms. The summed E-state index contributed by atoms with van der Waals surface area (Å²) in [6, 6.07) is 96.6. The third-order valence-corrected chi connectivity index (χ3v) is 16.3. The van der Waals surface area contributed by atoms with Crippen molar-refractivity contribution in [2.45, 2.75) is 10.8 Å². The molecule has 0 fully saturated rings. The standard InChI is InChI=1S/C70H42N4/c71-43-45-41-46(44-72)64(74-60-36-20-16-32-54(60)68-62(74)40-38-58-66(68)52-30-14-18-34-56(52)70(58,49-25-9-3-10-26-49)50-27-11-4-12-28-50)42-63(45)73-59-35-19-15-31-53(59)67-61(73)39-37-57-65(67)51-29-13-17-33-55(51)69(57,47-21-5-1-6-22-47)48-23-7-2-8-24-48/h1-42H. The third kappa shape index (κ3) is 5.33. The summed E-state index contributed by atoms with van der Waals surface area (Å²) >= 11 is 0. The minimum Gasteiger partial charge on any atom is -0.308 e. The molecule has 0 N–H and O–H groups in total. The number of nitriles is 2. The molecule has 0 amide bonds. The molecule has 0 bridgehead atoms. The van der Waals surface area contributed by atoms with E-state index in [1.807, 2.05) is 0 Å². The van der Waals surface area contributed by atoms with Gasteiger partial charge in [-0.15, -0.1) is 0 Å². The highest BCUT2D eigenvalue weighted by atomic mass is 15.0. The second-order valence-corrected chi connectivity index (χ2v) is 19.6. The van der Waals surface area contributed by atoms with Gasteiger partial charge >= 0.3 is 0 Å². The van der Waals surface area contributed by atoms with E-state index in [9.17, 15) is 10.5 Å². The fourth-order valence-electron chi connectivity index (χ4n) is 13.6. The summed E-state index contributed by atoms with van der Waals surface area (Å²) < 4.78 is 4.52. The zero-order valence-electron chi connectivity index (χ0n) is 40.0. The summed E-state index contributed by atoms with van der Waals surface area (Å²) in [6.45, 7) is 0. The molecule has 74 heavy (non-hydrogen) atoms. The van der Waals surface area contributed by atoms with E-state index in [2.05, 4.69) is 270 Å². The van der Waals surface area contributed by atoms with Crippen LogP contribution in [0.3, 0.4) is 0 Å². The van der Waals surface area contributed by atoms with Gasteiger partial charge in [-0.25, -0.2) is 0 Å². The normalized spacial score (nSPS) is 13.6. The molecule has 0 radical (unpaired) electrons. The fourth-order valence-corrected chi connectivity index (χ4v) is 13.6. The molecule has 11 aromatic carbocycles. The minimum atomic E-state index is -0.579. The lowest BCUT2D eigenvalue weighted by atomic mass is 9.67. The van der Waals surface area contributed by atoms with Gasteiger partial charge in [0.05, 0.1) is 55.4 Å². The molecule has 2 heterocycles. The molecule has 2 aliphatic rings. The van der Waals surface area contributed by atoms with E-state index in [0.29, 0.717) is 22.5 Å². The Hall–Kier alpha value is -10.0. The van der Waals surface area contributed by atoms with Gasteiger partial charge < -0.3 is 9.13 Å². The van der Waals surface area contributed by atoms with Gasteiger partial charge in [0.2, 0.25) is 0 Å². The first-order chi connectivity index (χ1) is 36.7. The van der Waals surface area contributed by atoms with Crippen molar-refractivity contribution in [1.82, 2.24) is 9.13 Å². The van der Waals surface area contributed by atoms with Crippen molar-refractivity contribution in [1.29, 1.82) is 10.5 Å². The highest BCUT2D eigenvalue weighted by molar-refractivity contribution is 6.20. The van der Waals surface area contributed by atoms with Crippen molar-refractivity contribution in [3.8, 4) is 45.8 Å². The van der Waals surface area contributed by atoms with Crippen LogP contribution < -0.4 is 0 Å². The Labute approximate surface area is 428 Å². The average molecular weight is 939 g/mol. The molecule has 0 saturated carbocycles. The third-order valence-electron chi connectivity index (χ3n) is 16.3. The van der Waals surface area contributed by atoms with Crippen molar-refractivity contribution >= 4 is 43.6 Å². The summed E-state index contributed by atoms with van der Waals surface area (Å²) in [5, 5.41) is 26.8. The van der Waals surface area contributed by atoms with Gasteiger partial charge in [0.1, 0.15) is 12.1 Å². The Morgan fingerprint density at radius 3 is 1.01 bits per heavy atom. The molecular formula is C70H42N4. The zero-order chi connectivity index (χ0) is 49.1. The first kappa shape index (κ1) is 41.8. The molecule has 2 aromatic heterocycles. The van der Waals surface area contributed by atoms with Crippen molar-refractivity contribution in [3.63, 3.8) is 0 Å². The quantitative estimate of drug-likeness (QED) is 0.167. The summed E-state index contributed by atoms with van der Waals surface area (Å²) in [4.78, 5) is 0. The van der Waals surface area contributed by atoms with Gasteiger partial charge in [-0.05, 0) is 103 Å². The van der Waals surface area contributed by atoms with Crippen LogP contribution in [0.5, 0.6) is 0 Å². The lowest BCUT2D eigenvalue weighted by Gasteiger charge is -2.33. The SMILES string of the molecule is N#Cc1cc(C#N)c(-n2c3ccccc3c3c4c(ccc32)C(c2ccccc2)(c2ccccc2)c2ccccc2-4)cc1-n1c2ccccc2c2c3c(ccc21)C(c1ccccc1)(c1ccccc1)c1ccccc1-3. The number of fused-ring (bicyclic) bond motifs is 14. The molecule has 0 unspecified atom stereocenters. The van der Waals surface area contributed by atoms with Crippen LogP contribution in [0, 0.1) is 22.7 Å². The van der Waals surface area contributed by atoms with Gasteiger partial charge in [0.15, 0.2) is 0 Å². The lowest BCUT2D eigenvalue weighted by Crippen LogP contribution is -2.28. The van der Waals surface area contributed by atoms with Crippen LogP contribution in [0.15, 0.2) is 255 Å². The molecule has 0 aliphatic heterocycles. The van der Waals surface area contributed by atoms with Gasteiger partial charge in [-0.3, -0.25) is 0 Å². The molecule has 4 heteroatoms. The van der Waals surface area contributed by atoms with Crippen LogP contribution in [0.4, 0.5) is 0 Å². The number of hydrogen-bond donors (Lipinski definition) is 0. The highest BCUT2D eigenvalue weighted by Gasteiger charge is 2.49. The van der Waals surface area contributed by atoms with Gasteiger partial charge in [0.25, 0.3) is 0 Å². The summed E-state index contributed by atoms with van der Waals surface area (Å²) in [6.07, 6.45) is 0. The van der Waals surface area contributed by atoms with Crippen LogP contribution in [-0.4, -0.2) is 9.13 Å². The number of rotatable bonds is 6. The maximum atomic E-state index is 11.2. The molecule has 0 atom stereocenters. The Bertz CT molecular complexity index is 4180. The molecule has 0 saturated heterocycles. The Morgan fingerprint density at radius 2 is 0.635 bits per heavy atom. The van der Waals surface area contributed by atoms with Crippen molar-refractivity contribution in [2.75, 3.05) is 0 Å². The number of hydrogen-bond acceptors (Lipinski definition) is 2. The van der Waals surface area contributed by atoms with Gasteiger partial charge in [0, 0.05) is 21.5 Å². The molecular weight excluding hydrogens is 897 g/mol. The number of aromatic nitrogens is 2. The van der Waals surface area contributed by atoms with Crippen LogP contribution in [0.1, 0.15) is 55.6 Å². The average Bonchev–Trinajstić information content (AvgIpc) is 4.24. The van der Waals surface area contributed by atoms with Crippen LogP contribution in [0.25, 0.3) is 77.2 Å². The molecule has 4 nitrogen and oxygen atoms in total. The predicted octanol–water partition coefficient (Wildman–Crippen LogP) is 16.4. The first-order valence-electron chi connectivity index (χ1n) is 25.2. The van der Waals surface area contributed by atoms with E-state index < -0.39 is 10.8 Å². The van der Waals surface area contributed by atoms with E-state index in [4.69, 9.17) is 0 Å². The van der Waals surface area contributed by atoms with E-state index in [0.717, 1.165) is 43.6 Å². The van der Waals surface area contributed by atoms with Crippen molar-refractivity contribution in [3.05, 3.63) is 310 Å². The number of nitrogens with zero attached hydrogens (tertiary/aromatic N) is 4. The van der Waals surface area contributed by atoms with Crippen LogP contribution >= 0.6 is 0 Å². The monoisotopic (exact) mass is 938 g/mol. The lowest BCUT2D eigenvalue weighted by molar-refractivity contribution is 0.769. The largest absolute Gasteiger partial charge is 0.308 e. The molecule has 13 aromatic rings. The molecule has 2 aliphatic carbocycles. The first-order valence-corrected chi connectivity index (χ1v) is 25.2. The van der Waals surface area contributed by atoms with Crippen molar-refractivity contribution < 1.29 is 0 Å². The fraction of sp³-hybridized carbons (Fsp3) is 0.0286. The second kappa shape index (κ2) is 15.7. The van der Waals surface area contributed by atoms with E-state index in [1.165, 1.54) is 66.8 Å². The Balaban J connectivity index is 1.03. The number of benzene rings is 11. The molecule has 15 rings (SSSR count). The maximum absolute atomic E-state index is 11.2. The van der Waals surface area contributed by atoms with Crippen LogP contribution in [0.2, 0.25) is 0 Å². The predicted molar refractivity (Wildman–Crippen MR) is 299 cm³/mol. The topological polar surface area (TPSA) is 57.4 Å². The zero-order valence-corrected chi connectivity index (χ0v) is 40.0. The van der Waals surface area contributed by atoms with Gasteiger partial charge in [-0.1, -0.05) is 218 Å². The summed E-state index contributed by atoms with van der Waals surface area (Å²) in [7, 11) is 0. The Kier molecular flexibility index (Phi) is 8.89. The van der Waals surface area contributed by atoms with Crippen molar-refractivity contribution in [2.24, 2.45) is 0 Å². The van der Waals surface area contributed by atoms with E-state index in [1.54, 1.807) is 6.07 Å². The number of para-hydroxylation sites is 2. The van der Waals surface area contributed by atoms with E-state index in [-0.39, 0.29) is 0 Å². The summed E-state index contributed by atoms with van der Waals surface area (Å²) in [5.74, 6) is 0. The highest BCUT2D eigenvalue weighted by Crippen LogP contribution is 2.61. The Morgan fingerprint density at radius 1 is 0.297 bits per heavy atom. The van der Waals surface area contributed by atoms with E-state index >= 15 is 0 Å². The molecule has 342 valence electrons. The van der Waals surface area contributed by atoms with Gasteiger partial charge in [-0.2, -0.15) is 10.5 Å². The maximum Gasteiger partial charge on any atom is 0.101 e. The smallest absolute Gasteiger partial charge is 0.101 e. The summed E-state index contributed by atoms with van der Waals surface area (Å²) in [5.41, 5.74) is 19.5. The second-order valence-electron chi connectivity index (χ2n) is 19.6. The van der Waals surface area contributed by atoms with Crippen LogP contribution in [-0.2, 0) is 10.8 Å².